The molecule has 0 saturated carbocycles. The van der Waals surface area contributed by atoms with Gasteiger partial charge in [0.05, 0.1) is 11.6 Å². The minimum absolute atomic E-state index is 0.251. The Hall–Kier alpha value is -3.03. The van der Waals surface area contributed by atoms with Gasteiger partial charge in [-0.2, -0.15) is 5.01 Å². The van der Waals surface area contributed by atoms with Gasteiger partial charge in [0.15, 0.2) is 11.5 Å². The molecule has 0 N–H and O–H groups in total. The summed E-state index contributed by atoms with van der Waals surface area (Å²) in [5.74, 6) is 1.16. The molecule has 3 aromatic rings. The SMILES string of the molecule is COc1cc([C@@H]2OC(c3ccc(Cl)cc3)=NN2C(C)=O)cc(Br)c1OCc1ccccc1. The summed E-state index contributed by atoms with van der Waals surface area (Å²) in [6, 6.07) is 20.5. The highest BCUT2D eigenvalue weighted by molar-refractivity contribution is 9.10. The van der Waals surface area contributed by atoms with Crippen molar-refractivity contribution in [1.82, 2.24) is 5.01 Å². The van der Waals surface area contributed by atoms with E-state index < -0.39 is 6.23 Å². The van der Waals surface area contributed by atoms with Crippen molar-refractivity contribution >= 4 is 39.3 Å². The van der Waals surface area contributed by atoms with Gasteiger partial charge in [0.2, 0.25) is 18.0 Å². The van der Waals surface area contributed by atoms with Crippen LogP contribution in [0.2, 0.25) is 5.02 Å². The first kappa shape index (κ1) is 22.2. The van der Waals surface area contributed by atoms with E-state index in [2.05, 4.69) is 21.0 Å². The molecule has 3 aromatic carbocycles. The molecule has 1 amide bonds. The Bertz CT molecular complexity index is 1150. The molecule has 0 aliphatic carbocycles. The van der Waals surface area contributed by atoms with Crippen LogP contribution < -0.4 is 9.47 Å². The summed E-state index contributed by atoms with van der Waals surface area (Å²) >= 11 is 9.54. The fourth-order valence-electron chi connectivity index (χ4n) is 3.24. The standard InChI is InChI=1S/C24H20BrClN2O4/c1-15(29)28-24(32-23(27-28)17-8-10-19(26)11-9-17)18-12-20(25)22(21(13-18)30-2)31-14-16-6-4-3-5-7-16/h3-13,24H,14H2,1-2H3/t24-/m0/s1. The summed E-state index contributed by atoms with van der Waals surface area (Å²) < 4.78 is 18.3. The molecule has 0 fully saturated rings. The summed E-state index contributed by atoms with van der Waals surface area (Å²) in [6.07, 6.45) is -0.744. The van der Waals surface area contributed by atoms with Crippen molar-refractivity contribution in [2.75, 3.05) is 7.11 Å². The third-order valence-corrected chi connectivity index (χ3v) is 5.66. The van der Waals surface area contributed by atoms with Crippen LogP contribution in [0.25, 0.3) is 0 Å². The van der Waals surface area contributed by atoms with Gasteiger partial charge in [-0.05, 0) is 57.9 Å². The molecule has 32 heavy (non-hydrogen) atoms. The molecule has 4 rings (SSSR count). The highest BCUT2D eigenvalue weighted by Crippen LogP contribution is 2.41. The van der Waals surface area contributed by atoms with E-state index in [4.69, 9.17) is 25.8 Å². The smallest absolute Gasteiger partial charge is 0.243 e. The van der Waals surface area contributed by atoms with E-state index in [0.29, 0.717) is 39.1 Å². The number of benzene rings is 3. The number of amides is 1. The fourth-order valence-corrected chi connectivity index (χ4v) is 3.94. The molecule has 0 aromatic heterocycles. The Morgan fingerprint density at radius 1 is 1.16 bits per heavy atom. The highest BCUT2D eigenvalue weighted by Gasteiger charge is 2.34. The lowest BCUT2D eigenvalue weighted by molar-refractivity contribution is -0.135. The lowest BCUT2D eigenvalue weighted by atomic mass is 10.1. The molecule has 0 saturated heterocycles. The molecule has 0 radical (unpaired) electrons. The van der Waals surface area contributed by atoms with E-state index in [1.807, 2.05) is 36.4 Å². The molecule has 0 spiro atoms. The summed E-state index contributed by atoms with van der Waals surface area (Å²) in [7, 11) is 1.56. The van der Waals surface area contributed by atoms with Crippen LogP contribution in [0.15, 0.2) is 76.3 Å². The molecule has 8 heteroatoms. The van der Waals surface area contributed by atoms with Gasteiger partial charge in [-0.15, -0.1) is 5.10 Å². The van der Waals surface area contributed by atoms with Crippen LogP contribution in [0, 0.1) is 0 Å². The second kappa shape index (κ2) is 9.63. The molecule has 1 aliphatic heterocycles. The van der Waals surface area contributed by atoms with E-state index in [0.717, 1.165) is 11.1 Å². The van der Waals surface area contributed by atoms with Crippen LogP contribution in [0.3, 0.4) is 0 Å². The Labute approximate surface area is 199 Å². The number of hydrogen-bond donors (Lipinski definition) is 0. The lowest BCUT2D eigenvalue weighted by Gasteiger charge is -2.21. The Morgan fingerprint density at radius 3 is 2.53 bits per heavy atom. The summed E-state index contributed by atoms with van der Waals surface area (Å²) in [4.78, 5) is 12.3. The third kappa shape index (κ3) is 4.74. The van der Waals surface area contributed by atoms with Gasteiger partial charge in [-0.1, -0.05) is 41.9 Å². The van der Waals surface area contributed by atoms with Gasteiger partial charge in [-0.25, -0.2) is 0 Å². The van der Waals surface area contributed by atoms with Crippen molar-refractivity contribution in [2.45, 2.75) is 19.8 Å². The van der Waals surface area contributed by atoms with Gasteiger partial charge in [0.25, 0.3) is 0 Å². The van der Waals surface area contributed by atoms with E-state index >= 15 is 0 Å². The predicted octanol–water partition coefficient (Wildman–Crippen LogP) is 5.93. The van der Waals surface area contributed by atoms with Crippen molar-refractivity contribution in [3.05, 3.63) is 92.9 Å². The van der Waals surface area contributed by atoms with Gasteiger partial charge >= 0.3 is 0 Å². The Balaban J connectivity index is 1.61. The predicted molar refractivity (Wildman–Crippen MR) is 126 cm³/mol. The molecule has 1 atom stereocenters. The number of methoxy groups -OCH3 is 1. The quantitative estimate of drug-likeness (QED) is 0.408. The van der Waals surface area contributed by atoms with Crippen molar-refractivity contribution in [3.8, 4) is 11.5 Å². The van der Waals surface area contributed by atoms with Crippen molar-refractivity contribution in [3.63, 3.8) is 0 Å². The number of hydrazone groups is 1. The topological polar surface area (TPSA) is 60.4 Å². The van der Waals surface area contributed by atoms with Gasteiger partial charge in [-0.3, -0.25) is 4.79 Å². The summed E-state index contributed by atoms with van der Waals surface area (Å²) in [6.45, 7) is 1.83. The van der Waals surface area contributed by atoms with Gasteiger partial charge < -0.3 is 14.2 Å². The van der Waals surface area contributed by atoms with Crippen LogP contribution >= 0.6 is 27.5 Å². The van der Waals surface area contributed by atoms with E-state index in [-0.39, 0.29) is 5.91 Å². The van der Waals surface area contributed by atoms with Crippen molar-refractivity contribution in [1.29, 1.82) is 0 Å². The van der Waals surface area contributed by atoms with Crippen LogP contribution in [0.5, 0.6) is 11.5 Å². The fraction of sp³-hybridized carbons (Fsp3) is 0.167. The number of ether oxygens (including phenoxy) is 3. The summed E-state index contributed by atoms with van der Waals surface area (Å²) in [5.41, 5.74) is 2.44. The van der Waals surface area contributed by atoms with Crippen LogP contribution in [-0.2, 0) is 16.1 Å². The molecule has 164 valence electrons. The number of nitrogens with zero attached hydrogens (tertiary/aromatic N) is 2. The average Bonchev–Trinajstić information content (AvgIpc) is 3.25. The number of carbonyl (C=O) groups is 1. The maximum atomic E-state index is 12.3. The minimum atomic E-state index is -0.744. The number of carbonyl (C=O) groups excluding carboxylic acids is 1. The van der Waals surface area contributed by atoms with Crippen LogP contribution in [-0.4, -0.2) is 23.9 Å². The minimum Gasteiger partial charge on any atom is -0.493 e. The Morgan fingerprint density at radius 2 is 1.88 bits per heavy atom. The van der Waals surface area contributed by atoms with E-state index in [1.165, 1.54) is 11.9 Å². The second-order valence-corrected chi connectivity index (χ2v) is 8.35. The van der Waals surface area contributed by atoms with Crippen molar-refractivity contribution in [2.24, 2.45) is 5.10 Å². The first-order chi connectivity index (χ1) is 15.5. The Kier molecular flexibility index (Phi) is 6.67. The monoisotopic (exact) mass is 514 g/mol. The maximum Gasteiger partial charge on any atom is 0.243 e. The zero-order chi connectivity index (χ0) is 22.7. The molecule has 6 nitrogen and oxygen atoms in total. The third-order valence-electron chi connectivity index (χ3n) is 4.82. The number of hydrogen-bond acceptors (Lipinski definition) is 5. The highest BCUT2D eigenvalue weighted by atomic mass is 79.9. The molecule has 0 unspecified atom stereocenters. The molecular weight excluding hydrogens is 496 g/mol. The molecule has 1 heterocycles. The zero-order valence-electron chi connectivity index (χ0n) is 17.4. The van der Waals surface area contributed by atoms with E-state index in [9.17, 15) is 4.79 Å². The van der Waals surface area contributed by atoms with Crippen molar-refractivity contribution < 1.29 is 19.0 Å². The van der Waals surface area contributed by atoms with E-state index in [1.54, 1.807) is 37.4 Å². The second-order valence-electron chi connectivity index (χ2n) is 7.05. The first-order valence-corrected chi connectivity index (χ1v) is 11.0. The zero-order valence-corrected chi connectivity index (χ0v) is 19.8. The number of halogens is 2. The van der Waals surface area contributed by atoms with Gasteiger partial charge in [0.1, 0.15) is 6.61 Å². The maximum absolute atomic E-state index is 12.3. The van der Waals surface area contributed by atoms with Gasteiger partial charge in [0, 0.05) is 23.1 Å². The first-order valence-electron chi connectivity index (χ1n) is 9.81. The normalized spacial score (nSPS) is 15.2. The van der Waals surface area contributed by atoms with Crippen LogP contribution in [0.1, 0.15) is 29.8 Å². The summed E-state index contributed by atoms with van der Waals surface area (Å²) in [5, 5.41) is 6.28. The molecule has 0 bridgehead atoms. The lowest BCUT2D eigenvalue weighted by Crippen LogP contribution is -2.25. The largest absolute Gasteiger partial charge is 0.493 e. The molecule has 1 aliphatic rings. The average molecular weight is 516 g/mol. The number of rotatable bonds is 6. The molecular formula is C24H20BrClN2O4. The van der Waals surface area contributed by atoms with Crippen LogP contribution in [0.4, 0.5) is 0 Å².